The predicted molar refractivity (Wildman–Crippen MR) is 89.6 cm³/mol. The second kappa shape index (κ2) is 7.25. The van der Waals surface area contributed by atoms with Crippen LogP contribution in [0.2, 0.25) is 0 Å². The number of hydrogen-bond donors (Lipinski definition) is 2. The molecule has 1 fully saturated rings. The van der Waals surface area contributed by atoms with Crippen molar-refractivity contribution in [1.82, 2.24) is 25.4 Å². The van der Waals surface area contributed by atoms with Gasteiger partial charge in [0.2, 0.25) is 5.91 Å². The van der Waals surface area contributed by atoms with Crippen LogP contribution in [0.1, 0.15) is 47.7 Å². The van der Waals surface area contributed by atoms with Crippen LogP contribution in [0.4, 0.5) is 0 Å². The van der Waals surface area contributed by atoms with Gasteiger partial charge in [-0.05, 0) is 31.0 Å². The number of likely N-dealkylation sites (tertiary alicyclic amines) is 1. The maximum atomic E-state index is 12.7. The van der Waals surface area contributed by atoms with Gasteiger partial charge in [0.05, 0.1) is 24.0 Å². The van der Waals surface area contributed by atoms with Gasteiger partial charge >= 0.3 is 0 Å². The van der Waals surface area contributed by atoms with E-state index in [-0.39, 0.29) is 29.1 Å². The van der Waals surface area contributed by atoms with Gasteiger partial charge < -0.3 is 10.2 Å². The minimum atomic E-state index is -0.345. The minimum Gasteiger partial charge on any atom is -0.351 e. The highest BCUT2D eigenvalue weighted by Crippen LogP contribution is 2.31. The zero-order valence-electron chi connectivity index (χ0n) is 13.9. The van der Waals surface area contributed by atoms with Crippen molar-refractivity contribution in [2.24, 2.45) is 0 Å². The molecule has 2 aromatic heterocycles. The Hall–Kier alpha value is -3.03. The van der Waals surface area contributed by atoms with Gasteiger partial charge in [0.25, 0.3) is 11.5 Å². The van der Waals surface area contributed by atoms with Gasteiger partial charge in [0, 0.05) is 19.5 Å². The highest BCUT2D eigenvalue weighted by atomic mass is 16.2. The number of aromatic amines is 1. The Labute approximate surface area is 144 Å². The Morgan fingerprint density at radius 2 is 2.16 bits per heavy atom. The Balaban J connectivity index is 1.80. The standard InChI is InChI=1S/C17H19N5O3/c1-11(23)18-10-12-4-2-5-13(19-12)15-6-3-9-22(15)17(25)14-7-8-16(24)21-20-14/h2,4-5,7-8,15H,3,6,9-10H2,1H3,(H,18,23)(H,21,24)/t15-/m0/s1. The predicted octanol–water partition coefficient (Wildman–Crippen LogP) is 0.778. The van der Waals surface area contributed by atoms with Crippen molar-refractivity contribution in [1.29, 1.82) is 0 Å². The van der Waals surface area contributed by atoms with Crippen molar-refractivity contribution in [2.75, 3.05) is 6.54 Å². The van der Waals surface area contributed by atoms with Crippen LogP contribution < -0.4 is 10.9 Å². The number of hydrogen-bond acceptors (Lipinski definition) is 5. The van der Waals surface area contributed by atoms with Gasteiger partial charge in [-0.3, -0.25) is 19.4 Å². The first-order chi connectivity index (χ1) is 12.0. The van der Waals surface area contributed by atoms with Crippen LogP contribution in [-0.4, -0.2) is 38.4 Å². The summed E-state index contributed by atoms with van der Waals surface area (Å²) in [5.41, 5.74) is 1.40. The van der Waals surface area contributed by atoms with Gasteiger partial charge in [0.15, 0.2) is 0 Å². The molecule has 2 amide bonds. The molecule has 3 heterocycles. The van der Waals surface area contributed by atoms with Crippen molar-refractivity contribution >= 4 is 11.8 Å². The number of carbonyl (C=O) groups is 2. The molecule has 0 unspecified atom stereocenters. The number of rotatable bonds is 4. The molecular weight excluding hydrogens is 322 g/mol. The number of aromatic nitrogens is 3. The number of nitrogens with one attached hydrogen (secondary N) is 2. The molecule has 1 aliphatic rings. The third-order valence-electron chi connectivity index (χ3n) is 4.10. The fourth-order valence-corrected chi connectivity index (χ4v) is 2.93. The second-order valence-corrected chi connectivity index (χ2v) is 5.93. The average molecular weight is 341 g/mol. The molecule has 0 saturated carbocycles. The van der Waals surface area contributed by atoms with E-state index < -0.39 is 0 Å². The molecule has 25 heavy (non-hydrogen) atoms. The fraction of sp³-hybridized carbons (Fsp3) is 0.353. The Kier molecular flexibility index (Phi) is 4.87. The zero-order chi connectivity index (χ0) is 17.8. The second-order valence-electron chi connectivity index (χ2n) is 5.93. The van der Waals surface area contributed by atoms with E-state index >= 15 is 0 Å². The van der Waals surface area contributed by atoms with Gasteiger partial charge in [-0.1, -0.05) is 6.07 Å². The van der Waals surface area contributed by atoms with E-state index in [1.807, 2.05) is 18.2 Å². The number of nitrogens with zero attached hydrogens (tertiary/aromatic N) is 3. The summed E-state index contributed by atoms with van der Waals surface area (Å²) in [6.45, 7) is 2.42. The molecule has 0 radical (unpaired) electrons. The number of pyridine rings is 1. The third kappa shape index (κ3) is 3.90. The molecule has 1 atom stereocenters. The summed E-state index contributed by atoms with van der Waals surface area (Å²) < 4.78 is 0. The summed E-state index contributed by atoms with van der Waals surface area (Å²) in [4.78, 5) is 41.2. The number of carbonyl (C=O) groups excluding carboxylic acids is 2. The summed E-state index contributed by atoms with van der Waals surface area (Å²) in [7, 11) is 0. The van der Waals surface area contributed by atoms with E-state index in [4.69, 9.17) is 0 Å². The fourth-order valence-electron chi connectivity index (χ4n) is 2.93. The lowest BCUT2D eigenvalue weighted by molar-refractivity contribution is -0.119. The SMILES string of the molecule is CC(=O)NCc1cccc([C@@H]2CCCN2C(=O)c2ccc(=O)[nH]n2)n1. The molecule has 8 heteroatoms. The molecule has 130 valence electrons. The van der Waals surface area contributed by atoms with E-state index in [2.05, 4.69) is 20.5 Å². The molecular formula is C17H19N5O3. The molecule has 1 aliphatic heterocycles. The maximum absolute atomic E-state index is 12.7. The molecule has 3 rings (SSSR count). The highest BCUT2D eigenvalue weighted by molar-refractivity contribution is 5.92. The van der Waals surface area contributed by atoms with Crippen molar-refractivity contribution < 1.29 is 9.59 Å². The summed E-state index contributed by atoms with van der Waals surface area (Å²) in [6.07, 6.45) is 1.68. The largest absolute Gasteiger partial charge is 0.351 e. The average Bonchev–Trinajstić information content (AvgIpc) is 3.10. The lowest BCUT2D eigenvalue weighted by Gasteiger charge is -2.24. The van der Waals surface area contributed by atoms with Gasteiger partial charge in [0.1, 0.15) is 5.69 Å². The number of H-pyrrole nitrogens is 1. The van der Waals surface area contributed by atoms with Crippen LogP contribution in [0.3, 0.4) is 0 Å². The van der Waals surface area contributed by atoms with Crippen LogP contribution in [-0.2, 0) is 11.3 Å². The van der Waals surface area contributed by atoms with Crippen molar-refractivity contribution in [3.05, 3.63) is 57.8 Å². The van der Waals surface area contributed by atoms with Crippen LogP contribution in [0, 0.1) is 0 Å². The van der Waals surface area contributed by atoms with Crippen molar-refractivity contribution in [3.63, 3.8) is 0 Å². The number of amides is 2. The Morgan fingerprint density at radius 3 is 2.88 bits per heavy atom. The first kappa shape index (κ1) is 16.8. The van der Waals surface area contributed by atoms with E-state index in [1.54, 1.807) is 4.90 Å². The first-order valence-electron chi connectivity index (χ1n) is 8.11. The van der Waals surface area contributed by atoms with Crippen LogP contribution in [0.15, 0.2) is 35.1 Å². The smallest absolute Gasteiger partial charge is 0.274 e. The molecule has 0 spiro atoms. The van der Waals surface area contributed by atoms with Crippen molar-refractivity contribution in [2.45, 2.75) is 32.4 Å². The van der Waals surface area contributed by atoms with E-state index in [1.165, 1.54) is 19.1 Å². The summed E-state index contributed by atoms with van der Waals surface area (Å²) >= 11 is 0. The molecule has 1 saturated heterocycles. The van der Waals surface area contributed by atoms with Crippen LogP contribution in [0.25, 0.3) is 0 Å². The summed E-state index contributed by atoms with van der Waals surface area (Å²) in [6, 6.07) is 8.17. The first-order valence-corrected chi connectivity index (χ1v) is 8.11. The van der Waals surface area contributed by atoms with E-state index in [0.29, 0.717) is 13.1 Å². The molecule has 0 aliphatic carbocycles. The molecule has 2 N–H and O–H groups in total. The van der Waals surface area contributed by atoms with Crippen molar-refractivity contribution in [3.8, 4) is 0 Å². The molecule has 0 bridgehead atoms. The normalized spacial score (nSPS) is 16.7. The third-order valence-corrected chi connectivity index (χ3v) is 4.10. The van der Waals surface area contributed by atoms with E-state index in [0.717, 1.165) is 24.2 Å². The van der Waals surface area contributed by atoms with Crippen LogP contribution >= 0.6 is 0 Å². The molecule has 2 aromatic rings. The van der Waals surface area contributed by atoms with Gasteiger partial charge in [-0.2, -0.15) is 5.10 Å². The van der Waals surface area contributed by atoms with Gasteiger partial charge in [-0.25, -0.2) is 5.10 Å². The minimum absolute atomic E-state index is 0.117. The quantitative estimate of drug-likeness (QED) is 0.854. The van der Waals surface area contributed by atoms with E-state index in [9.17, 15) is 14.4 Å². The maximum Gasteiger partial charge on any atom is 0.274 e. The zero-order valence-corrected chi connectivity index (χ0v) is 13.9. The Bertz CT molecular complexity index is 828. The van der Waals surface area contributed by atoms with Gasteiger partial charge in [-0.15, -0.1) is 0 Å². The van der Waals surface area contributed by atoms with Crippen LogP contribution in [0.5, 0.6) is 0 Å². The lowest BCUT2D eigenvalue weighted by Crippen LogP contribution is -2.32. The lowest BCUT2D eigenvalue weighted by atomic mass is 10.1. The summed E-state index contributed by atoms with van der Waals surface area (Å²) in [5.74, 6) is -0.346. The highest BCUT2D eigenvalue weighted by Gasteiger charge is 2.32. The summed E-state index contributed by atoms with van der Waals surface area (Å²) in [5, 5.41) is 8.83. The topological polar surface area (TPSA) is 108 Å². The molecule has 8 nitrogen and oxygen atoms in total. The monoisotopic (exact) mass is 341 g/mol. The molecule has 0 aromatic carbocycles. The Morgan fingerprint density at radius 1 is 1.32 bits per heavy atom.